The smallest absolute Gasteiger partial charge is 0.138 e. The molecule has 1 saturated heterocycles. The van der Waals surface area contributed by atoms with Crippen molar-refractivity contribution in [3.63, 3.8) is 0 Å². The third kappa shape index (κ3) is 3.08. The van der Waals surface area contributed by atoms with Gasteiger partial charge >= 0.3 is 0 Å². The van der Waals surface area contributed by atoms with Crippen molar-refractivity contribution in [1.82, 2.24) is 5.06 Å². The largest absolute Gasteiger partial charge is 0.388 e. The third-order valence-corrected chi connectivity index (χ3v) is 7.66. The quantitative estimate of drug-likeness (QED) is 0.808. The fourth-order valence-electron chi connectivity index (χ4n) is 5.81. The predicted molar refractivity (Wildman–Crippen MR) is 99.0 cm³/mol. The fourth-order valence-corrected chi connectivity index (χ4v) is 5.81. The lowest BCUT2D eigenvalue weighted by Crippen LogP contribution is -2.64. The molecule has 0 aromatic rings. The average molecular weight is 352 g/mol. The van der Waals surface area contributed by atoms with Crippen LogP contribution in [0.4, 0.5) is 0 Å². The number of piperidine rings is 1. The summed E-state index contributed by atoms with van der Waals surface area (Å²) in [6, 6.07) is 0. The van der Waals surface area contributed by atoms with Gasteiger partial charge < -0.3 is 5.11 Å². The summed E-state index contributed by atoms with van der Waals surface area (Å²) in [5, 5.41) is 13.7. The monoisotopic (exact) mass is 351 g/mol. The van der Waals surface area contributed by atoms with Crippen LogP contribution in [0.25, 0.3) is 0 Å². The molecule has 3 aliphatic rings. The van der Waals surface area contributed by atoms with E-state index in [4.69, 9.17) is 4.84 Å². The zero-order valence-corrected chi connectivity index (χ0v) is 17.0. The molecule has 144 valence electrons. The van der Waals surface area contributed by atoms with E-state index < -0.39 is 5.60 Å². The summed E-state index contributed by atoms with van der Waals surface area (Å²) >= 11 is 0. The number of aliphatic hydroxyl groups is 1. The van der Waals surface area contributed by atoms with Gasteiger partial charge in [-0.2, -0.15) is 5.06 Å². The fraction of sp³-hybridized carbons (Fsp3) is 0.952. The lowest BCUT2D eigenvalue weighted by atomic mass is 9.53. The first kappa shape index (κ1) is 19.3. The lowest BCUT2D eigenvalue weighted by Gasteiger charge is -2.58. The molecule has 2 aliphatic carbocycles. The molecule has 4 heteroatoms. The molecule has 0 aromatic heterocycles. The molecule has 0 spiro atoms. The number of carbonyl (C=O) groups is 1. The minimum absolute atomic E-state index is 0.000873. The highest BCUT2D eigenvalue weighted by atomic mass is 16.7. The van der Waals surface area contributed by atoms with Gasteiger partial charge in [-0.3, -0.25) is 9.63 Å². The number of ketones is 1. The summed E-state index contributed by atoms with van der Waals surface area (Å²) in [5.74, 6) is -0.0840. The molecule has 1 aliphatic heterocycles. The molecule has 0 amide bonds. The van der Waals surface area contributed by atoms with Gasteiger partial charge in [0.25, 0.3) is 0 Å². The first-order valence-electron chi connectivity index (χ1n) is 10.1. The second kappa shape index (κ2) is 6.03. The summed E-state index contributed by atoms with van der Waals surface area (Å²) in [4.78, 5) is 18.9. The minimum Gasteiger partial charge on any atom is -0.388 e. The number of rotatable bonds is 2. The molecule has 0 aromatic carbocycles. The van der Waals surface area contributed by atoms with Crippen LogP contribution in [-0.4, -0.2) is 38.7 Å². The second-order valence-electron chi connectivity index (χ2n) is 10.4. The van der Waals surface area contributed by atoms with E-state index in [1.165, 1.54) is 6.42 Å². The van der Waals surface area contributed by atoms with Crippen molar-refractivity contribution in [1.29, 1.82) is 0 Å². The number of hydrogen-bond donors (Lipinski definition) is 1. The molecule has 2 saturated carbocycles. The van der Waals surface area contributed by atoms with Crippen molar-refractivity contribution >= 4 is 5.78 Å². The molecule has 4 atom stereocenters. The van der Waals surface area contributed by atoms with Crippen molar-refractivity contribution in [2.75, 3.05) is 0 Å². The SMILES string of the molecule is C[C@H]1C(=O)CC[C@@]2(C)CCC(ON3C(C)(C)CCCC3(C)C)C[C@@]12O. The zero-order valence-electron chi connectivity index (χ0n) is 17.0. The number of Topliss-reactive ketones (excluding diaryl/α,β-unsaturated/α-hetero) is 1. The van der Waals surface area contributed by atoms with Crippen LogP contribution in [-0.2, 0) is 9.63 Å². The lowest BCUT2D eigenvalue weighted by molar-refractivity contribution is -0.324. The Morgan fingerprint density at radius 2 is 1.64 bits per heavy atom. The van der Waals surface area contributed by atoms with Crippen LogP contribution in [0.3, 0.4) is 0 Å². The van der Waals surface area contributed by atoms with E-state index in [9.17, 15) is 9.90 Å². The maximum absolute atomic E-state index is 12.3. The molecule has 0 bridgehead atoms. The van der Waals surface area contributed by atoms with Gasteiger partial charge in [-0.25, -0.2) is 0 Å². The molecule has 3 rings (SSSR count). The summed E-state index contributed by atoms with van der Waals surface area (Å²) in [5.41, 5.74) is -1.10. The van der Waals surface area contributed by atoms with E-state index in [0.717, 1.165) is 32.1 Å². The maximum Gasteiger partial charge on any atom is 0.138 e. The molecule has 1 heterocycles. The summed E-state index contributed by atoms with van der Waals surface area (Å²) in [6.07, 6.45) is 7.33. The van der Waals surface area contributed by atoms with Crippen LogP contribution < -0.4 is 0 Å². The number of nitrogens with zero attached hydrogens (tertiary/aromatic N) is 1. The van der Waals surface area contributed by atoms with Crippen molar-refractivity contribution in [2.45, 2.75) is 116 Å². The van der Waals surface area contributed by atoms with Crippen LogP contribution in [0, 0.1) is 11.3 Å². The van der Waals surface area contributed by atoms with Gasteiger partial charge in [0.1, 0.15) is 5.78 Å². The molecule has 3 fully saturated rings. The highest BCUT2D eigenvalue weighted by Gasteiger charge is 2.59. The standard InChI is InChI=1S/C21H37NO3/c1-15-17(23)9-13-20(6)12-8-16(14-21(15,20)24)25-22-18(2,3)10-7-11-19(22,4)5/h15-16,24H,7-14H2,1-6H3/t15-,16?,20+,21+/m0/s1. The molecule has 1 unspecified atom stereocenters. The summed E-state index contributed by atoms with van der Waals surface area (Å²) in [7, 11) is 0. The normalized spacial score (nSPS) is 44.4. The van der Waals surface area contributed by atoms with Crippen LogP contribution in [0.2, 0.25) is 0 Å². The third-order valence-electron chi connectivity index (χ3n) is 7.66. The Hall–Kier alpha value is -0.450. The van der Waals surface area contributed by atoms with E-state index in [1.807, 2.05) is 6.92 Å². The Kier molecular flexibility index (Phi) is 4.66. The predicted octanol–water partition coefficient (Wildman–Crippen LogP) is 4.25. The molecule has 4 nitrogen and oxygen atoms in total. The highest BCUT2D eigenvalue weighted by Crippen LogP contribution is 2.55. The topological polar surface area (TPSA) is 49.8 Å². The Labute approximate surface area is 153 Å². The summed E-state index contributed by atoms with van der Waals surface area (Å²) in [6.45, 7) is 13.1. The molecule has 0 radical (unpaired) electrons. The molecular formula is C21H37NO3. The van der Waals surface area contributed by atoms with Crippen LogP contribution >= 0.6 is 0 Å². The number of carbonyl (C=O) groups excluding carboxylic acids is 1. The number of fused-ring (bicyclic) bond motifs is 1. The summed E-state index contributed by atoms with van der Waals surface area (Å²) < 4.78 is 0. The Balaban J connectivity index is 1.80. The molecule has 1 N–H and O–H groups in total. The average Bonchev–Trinajstić information content (AvgIpc) is 2.50. The van der Waals surface area contributed by atoms with Crippen molar-refractivity contribution in [3.8, 4) is 0 Å². The second-order valence-corrected chi connectivity index (χ2v) is 10.4. The van der Waals surface area contributed by atoms with E-state index in [0.29, 0.717) is 12.8 Å². The maximum atomic E-state index is 12.3. The minimum atomic E-state index is -0.935. The van der Waals surface area contributed by atoms with Gasteiger partial charge in [-0.15, -0.1) is 0 Å². The van der Waals surface area contributed by atoms with Gasteiger partial charge in [0.05, 0.1) is 11.7 Å². The van der Waals surface area contributed by atoms with Crippen LogP contribution in [0.1, 0.15) is 92.9 Å². The van der Waals surface area contributed by atoms with E-state index >= 15 is 0 Å². The molecular weight excluding hydrogens is 314 g/mol. The zero-order chi connectivity index (χ0) is 18.7. The highest BCUT2D eigenvalue weighted by molar-refractivity contribution is 5.83. The Morgan fingerprint density at radius 3 is 2.24 bits per heavy atom. The van der Waals surface area contributed by atoms with Crippen LogP contribution in [0.5, 0.6) is 0 Å². The Bertz CT molecular complexity index is 527. The van der Waals surface area contributed by atoms with E-state index in [-0.39, 0.29) is 34.3 Å². The van der Waals surface area contributed by atoms with Gasteiger partial charge in [0, 0.05) is 29.8 Å². The van der Waals surface area contributed by atoms with Gasteiger partial charge in [-0.05, 0) is 71.6 Å². The van der Waals surface area contributed by atoms with E-state index in [1.54, 1.807) is 0 Å². The Morgan fingerprint density at radius 1 is 1.04 bits per heavy atom. The first-order valence-corrected chi connectivity index (χ1v) is 10.1. The van der Waals surface area contributed by atoms with Gasteiger partial charge in [0.2, 0.25) is 0 Å². The van der Waals surface area contributed by atoms with Crippen molar-refractivity contribution in [3.05, 3.63) is 0 Å². The van der Waals surface area contributed by atoms with E-state index in [2.05, 4.69) is 39.7 Å². The van der Waals surface area contributed by atoms with Crippen LogP contribution in [0.15, 0.2) is 0 Å². The molecule has 25 heavy (non-hydrogen) atoms. The van der Waals surface area contributed by atoms with Crippen molar-refractivity contribution < 1.29 is 14.7 Å². The number of hydroxylamine groups is 2. The number of hydrogen-bond acceptors (Lipinski definition) is 4. The first-order chi connectivity index (χ1) is 11.4. The van der Waals surface area contributed by atoms with Gasteiger partial charge in [-0.1, -0.05) is 13.8 Å². The van der Waals surface area contributed by atoms with Gasteiger partial charge in [0.15, 0.2) is 0 Å². The van der Waals surface area contributed by atoms with Crippen molar-refractivity contribution in [2.24, 2.45) is 11.3 Å².